The molecule has 1 aliphatic rings. The molecule has 27 heavy (non-hydrogen) atoms. The van der Waals surface area contributed by atoms with Crippen LogP contribution in [-0.2, 0) is 11.2 Å². The van der Waals surface area contributed by atoms with E-state index in [2.05, 4.69) is 10.3 Å². The number of nitrogens with zero attached hydrogens (tertiary/aromatic N) is 1. The second kappa shape index (κ2) is 7.79. The molecule has 0 radical (unpaired) electrons. The fourth-order valence-electron chi connectivity index (χ4n) is 3.08. The summed E-state index contributed by atoms with van der Waals surface area (Å²) in [7, 11) is 0. The predicted octanol–water partition coefficient (Wildman–Crippen LogP) is 5.41. The normalized spacial score (nSPS) is 14.7. The maximum absolute atomic E-state index is 13.1. The Balaban J connectivity index is 1.42. The topological polar surface area (TPSA) is 42.0 Å². The molecule has 6 heteroatoms. The number of aromatic nitrogens is 1. The highest BCUT2D eigenvalue weighted by Crippen LogP contribution is 2.41. The average Bonchev–Trinajstić information content (AvgIpc) is 3.40. The van der Waals surface area contributed by atoms with E-state index in [0.29, 0.717) is 10.9 Å². The van der Waals surface area contributed by atoms with Gasteiger partial charge in [-0.2, -0.15) is 0 Å². The number of carbonyl (C=O) groups is 1. The fraction of sp³-hybridized carbons (Fsp3) is 0.238. The van der Waals surface area contributed by atoms with E-state index in [4.69, 9.17) is 11.6 Å². The quantitative estimate of drug-likeness (QED) is 0.600. The maximum Gasteiger partial charge on any atom is 0.226 e. The Morgan fingerprint density at radius 2 is 1.89 bits per heavy atom. The van der Waals surface area contributed by atoms with Crippen LogP contribution in [0.15, 0.2) is 53.9 Å². The van der Waals surface area contributed by atoms with Crippen LogP contribution in [0.4, 0.5) is 4.39 Å². The first-order valence-corrected chi connectivity index (χ1v) is 10.1. The van der Waals surface area contributed by atoms with E-state index in [1.807, 2.05) is 29.6 Å². The van der Waals surface area contributed by atoms with Crippen LogP contribution in [0.25, 0.3) is 10.6 Å². The summed E-state index contributed by atoms with van der Waals surface area (Å²) in [5, 5.41) is 6.51. The second-order valence-electron chi connectivity index (χ2n) is 6.76. The van der Waals surface area contributed by atoms with E-state index < -0.39 is 0 Å². The summed E-state index contributed by atoms with van der Waals surface area (Å²) in [4.78, 5) is 17.1. The number of benzene rings is 2. The molecule has 138 valence electrons. The standard InChI is InChI=1S/C21H18ClFN2OS/c22-16-7-3-14(4-8-16)20(13-1-2-13)25-19(26)11-18-12-27-21(24-18)15-5-9-17(23)10-6-15/h3-10,12-13,20H,1-2,11H2,(H,25,26). The zero-order valence-electron chi connectivity index (χ0n) is 14.5. The first-order valence-electron chi connectivity index (χ1n) is 8.83. The summed E-state index contributed by atoms with van der Waals surface area (Å²) in [6.07, 6.45) is 2.48. The van der Waals surface area contributed by atoms with Crippen molar-refractivity contribution in [1.82, 2.24) is 10.3 Å². The van der Waals surface area contributed by atoms with E-state index in [1.54, 1.807) is 12.1 Å². The Morgan fingerprint density at radius 1 is 1.19 bits per heavy atom. The number of rotatable bonds is 6. The SMILES string of the molecule is O=C(Cc1csc(-c2ccc(F)cc2)n1)NC(c1ccc(Cl)cc1)C1CC1. The zero-order valence-corrected chi connectivity index (χ0v) is 16.1. The van der Waals surface area contributed by atoms with Gasteiger partial charge in [-0.05, 0) is 60.7 Å². The Bertz CT molecular complexity index is 936. The fourth-order valence-corrected chi connectivity index (χ4v) is 4.03. The van der Waals surface area contributed by atoms with Gasteiger partial charge in [-0.1, -0.05) is 23.7 Å². The van der Waals surface area contributed by atoms with E-state index in [1.165, 1.54) is 23.5 Å². The molecule has 1 N–H and O–H groups in total. The average molecular weight is 401 g/mol. The minimum atomic E-state index is -0.275. The lowest BCUT2D eigenvalue weighted by atomic mass is 10.0. The highest BCUT2D eigenvalue weighted by molar-refractivity contribution is 7.13. The summed E-state index contributed by atoms with van der Waals surface area (Å²) in [5.74, 6) is 0.168. The van der Waals surface area contributed by atoms with Crippen molar-refractivity contribution >= 4 is 28.8 Å². The van der Waals surface area contributed by atoms with Crippen LogP contribution in [0.3, 0.4) is 0 Å². The molecular weight excluding hydrogens is 383 g/mol. The molecule has 4 rings (SSSR count). The summed E-state index contributed by atoms with van der Waals surface area (Å²) in [6, 6.07) is 13.9. The van der Waals surface area contributed by atoms with Crippen molar-refractivity contribution in [3.63, 3.8) is 0 Å². The van der Waals surface area contributed by atoms with Crippen LogP contribution < -0.4 is 5.32 Å². The molecule has 1 aliphatic carbocycles. The Morgan fingerprint density at radius 3 is 2.56 bits per heavy atom. The third-order valence-corrected chi connectivity index (χ3v) is 5.82. The number of nitrogens with one attached hydrogen (secondary N) is 1. The molecule has 1 heterocycles. The second-order valence-corrected chi connectivity index (χ2v) is 8.06. The van der Waals surface area contributed by atoms with Crippen LogP contribution in [-0.4, -0.2) is 10.9 Å². The largest absolute Gasteiger partial charge is 0.349 e. The molecule has 1 saturated carbocycles. The van der Waals surface area contributed by atoms with Gasteiger partial charge in [0, 0.05) is 16.0 Å². The van der Waals surface area contributed by atoms with E-state index in [0.717, 1.165) is 34.7 Å². The first-order chi connectivity index (χ1) is 13.1. The molecule has 0 spiro atoms. The molecule has 3 aromatic rings. The lowest BCUT2D eigenvalue weighted by molar-refractivity contribution is -0.121. The van der Waals surface area contributed by atoms with Gasteiger partial charge in [0.05, 0.1) is 18.2 Å². The zero-order chi connectivity index (χ0) is 18.8. The lowest BCUT2D eigenvalue weighted by Crippen LogP contribution is -2.31. The molecule has 3 nitrogen and oxygen atoms in total. The number of amides is 1. The molecule has 1 amide bonds. The highest BCUT2D eigenvalue weighted by Gasteiger charge is 2.33. The van der Waals surface area contributed by atoms with Crippen molar-refractivity contribution in [1.29, 1.82) is 0 Å². The van der Waals surface area contributed by atoms with E-state index in [-0.39, 0.29) is 24.2 Å². The van der Waals surface area contributed by atoms with E-state index >= 15 is 0 Å². The van der Waals surface area contributed by atoms with Gasteiger partial charge in [0.25, 0.3) is 0 Å². The number of halogens is 2. The van der Waals surface area contributed by atoms with Gasteiger partial charge in [0.2, 0.25) is 5.91 Å². The van der Waals surface area contributed by atoms with Crippen LogP contribution in [0.1, 0.15) is 30.1 Å². The van der Waals surface area contributed by atoms with Crippen molar-refractivity contribution in [2.24, 2.45) is 5.92 Å². The van der Waals surface area contributed by atoms with Gasteiger partial charge in [0.1, 0.15) is 10.8 Å². The van der Waals surface area contributed by atoms with Crippen molar-refractivity contribution < 1.29 is 9.18 Å². The smallest absolute Gasteiger partial charge is 0.226 e. The Labute approximate surface area is 166 Å². The Hall–Kier alpha value is -2.24. The van der Waals surface area contributed by atoms with Gasteiger partial charge in [-0.25, -0.2) is 9.37 Å². The summed E-state index contributed by atoms with van der Waals surface area (Å²) < 4.78 is 13.1. The van der Waals surface area contributed by atoms with Crippen molar-refractivity contribution in [3.05, 3.63) is 76.0 Å². The molecule has 0 aliphatic heterocycles. The molecule has 2 aromatic carbocycles. The van der Waals surface area contributed by atoms with Crippen molar-refractivity contribution in [2.75, 3.05) is 0 Å². The molecule has 1 unspecified atom stereocenters. The summed E-state index contributed by atoms with van der Waals surface area (Å²) in [6.45, 7) is 0. The monoisotopic (exact) mass is 400 g/mol. The molecule has 0 bridgehead atoms. The number of carbonyl (C=O) groups excluding carboxylic acids is 1. The van der Waals surface area contributed by atoms with Crippen LogP contribution in [0, 0.1) is 11.7 Å². The van der Waals surface area contributed by atoms with E-state index in [9.17, 15) is 9.18 Å². The number of hydrogen-bond acceptors (Lipinski definition) is 3. The highest BCUT2D eigenvalue weighted by atomic mass is 35.5. The lowest BCUT2D eigenvalue weighted by Gasteiger charge is -2.18. The summed E-state index contributed by atoms with van der Waals surface area (Å²) >= 11 is 7.43. The first kappa shape index (κ1) is 18.1. The van der Waals surface area contributed by atoms with Crippen molar-refractivity contribution in [2.45, 2.75) is 25.3 Å². The predicted molar refractivity (Wildman–Crippen MR) is 106 cm³/mol. The van der Waals surface area contributed by atoms with Crippen LogP contribution >= 0.6 is 22.9 Å². The van der Waals surface area contributed by atoms with Gasteiger partial charge in [-0.3, -0.25) is 4.79 Å². The minimum absolute atomic E-state index is 0.0185. The maximum atomic E-state index is 13.1. The van der Waals surface area contributed by atoms with Crippen LogP contribution in [0.5, 0.6) is 0 Å². The van der Waals surface area contributed by atoms with Gasteiger partial charge in [0.15, 0.2) is 0 Å². The minimum Gasteiger partial charge on any atom is -0.349 e. The third kappa shape index (κ3) is 4.54. The Kier molecular flexibility index (Phi) is 5.23. The molecule has 0 saturated heterocycles. The summed E-state index contributed by atoms with van der Waals surface area (Å²) in [5.41, 5.74) is 2.66. The van der Waals surface area contributed by atoms with Gasteiger partial charge < -0.3 is 5.32 Å². The number of hydrogen-bond donors (Lipinski definition) is 1. The van der Waals surface area contributed by atoms with Crippen LogP contribution in [0.2, 0.25) is 5.02 Å². The molecule has 1 atom stereocenters. The number of thiazole rings is 1. The van der Waals surface area contributed by atoms with Gasteiger partial charge in [-0.15, -0.1) is 11.3 Å². The molecule has 1 fully saturated rings. The van der Waals surface area contributed by atoms with Gasteiger partial charge >= 0.3 is 0 Å². The molecular formula is C21H18ClFN2OS. The van der Waals surface area contributed by atoms with Crippen molar-refractivity contribution in [3.8, 4) is 10.6 Å². The third-order valence-electron chi connectivity index (χ3n) is 4.62. The molecule has 1 aromatic heterocycles.